The van der Waals surface area contributed by atoms with Gasteiger partial charge in [-0.2, -0.15) is 0 Å². The Kier molecular flexibility index (Phi) is 3.33. The van der Waals surface area contributed by atoms with Gasteiger partial charge >= 0.3 is 0 Å². The van der Waals surface area contributed by atoms with Crippen molar-refractivity contribution in [2.75, 3.05) is 0 Å². The average Bonchev–Trinajstić information content (AvgIpc) is 2.17. The second-order valence-corrected chi connectivity index (χ2v) is 3.29. The maximum absolute atomic E-state index is 3.44. The summed E-state index contributed by atoms with van der Waals surface area (Å²) in [5, 5.41) is 0. The molecule has 0 bridgehead atoms. The molecule has 0 spiro atoms. The molecule has 1 atom stereocenters. The molecule has 0 aliphatic heterocycles. The monoisotopic (exact) mass is 161 g/mol. The van der Waals surface area contributed by atoms with Crippen LogP contribution in [0.2, 0.25) is 0 Å². The van der Waals surface area contributed by atoms with Gasteiger partial charge in [0.1, 0.15) is 0 Å². The second-order valence-electron chi connectivity index (χ2n) is 3.29. The molecule has 0 amide bonds. The number of rotatable bonds is 3. The highest BCUT2D eigenvalue weighted by Gasteiger charge is 2.02. The largest absolute Gasteiger partial charge is 0.0648 e. The molecular formula is C12H17. The highest BCUT2D eigenvalue weighted by Crippen LogP contribution is 2.18. The third-order valence-electron chi connectivity index (χ3n) is 2.40. The molecule has 1 radical (unpaired) electrons. The summed E-state index contributed by atoms with van der Waals surface area (Å²) in [6.07, 6.45) is 2.29. The number of hydrogen-bond acceptors (Lipinski definition) is 0. The Bertz CT molecular complexity index is 238. The molecule has 1 aromatic carbocycles. The fourth-order valence-electron chi connectivity index (χ4n) is 1.25. The summed E-state index contributed by atoms with van der Waals surface area (Å²) in [6.45, 7) is 6.65. The number of aryl methyl sites for hydroxylation is 1. The molecule has 1 unspecified atom stereocenters. The Hall–Kier alpha value is -0.780. The summed E-state index contributed by atoms with van der Waals surface area (Å²) in [7, 11) is 0. The lowest BCUT2D eigenvalue weighted by molar-refractivity contribution is 0.731. The molecule has 0 saturated carbocycles. The summed E-state index contributed by atoms with van der Waals surface area (Å²) in [6, 6.07) is 9.90. The van der Waals surface area contributed by atoms with Gasteiger partial charge < -0.3 is 0 Å². The van der Waals surface area contributed by atoms with Crippen molar-refractivity contribution in [2.45, 2.75) is 39.5 Å². The van der Waals surface area contributed by atoms with E-state index >= 15 is 0 Å². The van der Waals surface area contributed by atoms with Gasteiger partial charge in [-0.15, -0.1) is 0 Å². The smallest absolute Gasteiger partial charge is 0.0112 e. The van der Waals surface area contributed by atoms with Crippen LogP contribution in [0.15, 0.2) is 18.2 Å². The van der Waals surface area contributed by atoms with E-state index in [2.05, 4.69) is 45.0 Å². The van der Waals surface area contributed by atoms with Crippen LogP contribution in [-0.2, 0) is 6.42 Å². The van der Waals surface area contributed by atoms with Crippen LogP contribution in [0.1, 0.15) is 44.2 Å². The first kappa shape index (κ1) is 9.31. The minimum absolute atomic E-state index is 0.650. The summed E-state index contributed by atoms with van der Waals surface area (Å²) < 4.78 is 0. The fraction of sp³-hybridized carbons (Fsp3) is 0.500. The maximum atomic E-state index is 3.44. The molecule has 0 heterocycles. The summed E-state index contributed by atoms with van der Waals surface area (Å²) >= 11 is 0. The van der Waals surface area contributed by atoms with E-state index in [0.29, 0.717) is 5.92 Å². The number of benzene rings is 1. The number of hydrogen-bond donors (Lipinski definition) is 0. The molecule has 0 N–H and O–H groups in total. The SMILES string of the molecule is CCc1[c]c(C(C)CC)ccc1. The molecule has 0 aromatic heterocycles. The molecule has 0 saturated heterocycles. The molecular weight excluding hydrogens is 144 g/mol. The Labute approximate surface area is 75.6 Å². The highest BCUT2D eigenvalue weighted by atomic mass is 14.1. The van der Waals surface area contributed by atoms with Crippen molar-refractivity contribution in [3.05, 3.63) is 35.4 Å². The van der Waals surface area contributed by atoms with E-state index < -0.39 is 0 Å². The zero-order valence-electron chi connectivity index (χ0n) is 8.22. The quantitative estimate of drug-likeness (QED) is 0.636. The predicted molar refractivity (Wildman–Crippen MR) is 53.4 cm³/mol. The van der Waals surface area contributed by atoms with Gasteiger partial charge in [-0.05, 0) is 36.0 Å². The van der Waals surface area contributed by atoms with E-state index in [0.717, 1.165) is 6.42 Å². The first-order chi connectivity index (χ1) is 5.77. The van der Waals surface area contributed by atoms with E-state index in [4.69, 9.17) is 0 Å². The van der Waals surface area contributed by atoms with Crippen molar-refractivity contribution in [3.8, 4) is 0 Å². The molecule has 1 rings (SSSR count). The van der Waals surface area contributed by atoms with Crippen LogP contribution in [0.3, 0.4) is 0 Å². The summed E-state index contributed by atoms with van der Waals surface area (Å²) in [4.78, 5) is 0. The van der Waals surface area contributed by atoms with Crippen LogP contribution in [-0.4, -0.2) is 0 Å². The molecule has 65 valence electrons. The molecule has 0 fully saturated rings. The van der Waals surface area contributed by atoms with Crippen molar-refractivity contribution < 1.29 is 0 Å². The summed E-state index contributed by atoms with van der Waals surface area (Å²) in [5.41, 5.74) is 2.68. The minimum atomic E-state index is 0.650. The standard InChI is InChI=1S/C12H17/c1-4-10(3)12-8-6-7-11(5-2)9-12/h6-8,10H,4-5H2,1-3H3. The minimum Gasteiger partial charge on any atom is -0.0648 e. The van der Waals surface area contributed by atoms with Gasteiger partial charge in [-0.25, -0.2) is 0 Å². The maximum Gasteiger partial charge on any atom is -0.0112 e. The zero-order chi connectivity index (χ0) is 8.97. The van der Waals surface area contributed by atoms with Gasteiger partial charge in [0.05, 0.1) is 0 Å². The van der Waals surface area contributed by atoms with E-state index in [-0.39, 0.29) is 0 Å². The van der Waals surface area contributed by atoms with Gasteiger partial charge in [0.2, 0.25) is 0 Å². The van der Waals surface area contributed by atoms with Crippen molar-refractivity contribution in [2.24, 2.45) is 0 Å². The lowest BCUT2D eigenvalue weighted by Gasteiger charge is -2.08. The topological polar surface area (TPSA) is 0 Å². The van der Waals surface area contributed by atoms with Gasteiger partial charge in [-0.1, -0.05) is 39.0 Å². The van der Waals surface area contributed by atoms with Crippen molar-refractivity contribution in [3.63, 3.8) is 0 Å². The van der Waals surface area contributed by atoms with E-state index in [1.807, 2.05) is 0 Å². The molecule has 1 aromatic rings. The van der Waals surface area contributed by atoms with E-state index in [9.17, 15) is 0 Å². The first-order valence-corrected chi connectivity index (χ1v) is 4.79. The van der Waals surface area contributed by atoms with Crippen molar-refractivity contribution in [1.29, 1.82) is 0 Å². The van der Waals surface area contributed by atoms with Gasteiger partial charge in [0.25, 0.3) is 0 Å². The fourth-order valence-corrected chi connectivity index (χ4v) is 1.25. The molecule has 0 nitrogen and oxygen atoms in total. The Balaban J connectivity index is 2.86. The summed E-state index contributed by atoms with van der Waals surface area (Å²) in [5.74, 6) is 0.650. The lowest BCUT2D eigenvalue weighted by atomic mass is 9.96. The van der Waals surface area contributed by atoms with Gasteiger partial charge in [-0.3, -0.25) is 0 Å². The lowest BCUT2D eigenvalue weighted by Crippen LogP contribution is -1.92. The van der Waals surface area contributed by atoms with Crippen molar-refractivity contribution in [1.82, 2.24) is 0 Å². The molecule has 12 heavy (non-hydrogen) atoms. The first-order valence-electron chi connectivity index (χ1n) is 4.79. The third kappa shape index (κ3) is 2.10. The molecule has 0 heteroatoms. The van der Waals surface area contributed by atoms with Crippen molar-refractivity contribution >= 4 is 0 Å². The van der Waals surface area contributed by atoms with Crippen LogP contribution in [0.25, 0.3) is 0 Å². The van der Waals surface area contributed by atoms with Gasteiger partial charge in [0.15, 0.2) is 0 Å². The molecule has 0 aliphatic rings. The zero-order valence-corrected chi connectivity index (χ0v) is 8.22. The van der Waals surface area contributed by atoms with Crippen LogP contribution < -0.4 is 0 Å². The Morgan fingerprint density at radius 1 is 1.33 bits per heavy atom. The average molecular weight is 161 g/mol. The Morgan fingerprint density at radius 3 is 2.67 bits per heavy atom. The van der Waals surface area contributed by atoms with Crippen LogP contribution >= 0.6 is 0 Å². The normalized spacial score (nSPS) is 12.9. The second kappa shape index (κ2) is 4.30. The predicted octanol–water partition coefficient (Wildman–Crippen LogP) is 3.56. The highest BCUT2D eigenvalue weighted by molar-refractivity contribution is 5.24. The van der Waals surface area contributed by atoms with E-state index in [1.165, 1.54) is 17.5 Å². The van der Waals surface area contributed by atoms with Crippen LogP contribution in [0.4, 0.5) is 0 Å². The van der Waals surface area contributed by atoms with Crippen LogP contribution in [0.5, 0.6) is 0 Å². The van der Waals surface area contributed by atoms with Crippen LogP contribution in [0, 0.1) is 6.07 Å². The van der Waals surface area contributed by atoms with E-state index in [1.54, 1.807) is 0 Å². The Morgan fingerprint density at radius 2 is 2.08 bits per heavy atom. The molecule has 0 aliphatic carbocycles. The third-order valence-corrected chi connectivity index (χ3v) is 2.40. The van der Waals surface area contributed by atoms with Gasteiger partial charge in [0, 0.05) is 0 Å².